The smallest absolute Gasteiger partial charge is 0.247 e. The van der Waals surface area contributed by atoms with E-state index in [-0.39, 0.29) is 5.82 Å². The van der Waals surface area contributed by atoms with Crippen LogP contribution in [0, 0.1) is 11.7 Å². The van der Waals surface area contributed by atoms with Crippen LogP contribution >= 0.6 is 0 Å². The number of aromatic nitrogens is 3. The number of hydrogen-bond acceptors (Lipinski definition) is 5. The highest BCUT2D eigenvalue weighted by Gasteiger charge is 2.18. The number of nitrogens with one attached hydrogen (secondary N) is 1. The molecule has 1 saturated heterocycles. The molecule has 0 spiro atoms. The molecule has 0 aliphatic carbocycles. The van der Waals surface area contributed by atoms with E-state index in [2.05, 4.69) is 32.3 Å². The largest absolute Gasteiger partial charge is 0.339 e. The Hall–Kier alpha value is -2.24. The van der Waals surface area contributed by atoms with Gasteiger partial charge in [0.1, 0.15) is 5.82 Å². The lowest BCUT2D eigenvalue weighted by atomic mass is 10.00. The zero-order chi connectivity index (χ0) is 14.7. The lowest BCUT2D eigenvalue weighted by Crippen LogP contribution is -2.34. The van der Waals surface area contributed by atoms with Gasteiger partial charge in [-0.25, -0.2) is 4.39 Å². The minimum atomic E-state index is -0.315. The van der Waals surface area contributed by atoms with Crippen LogP contribution in [0.2, 0.25) is 0 Å². The number of benzene rings is 1. The lowest BCUT2D eigenvalue weighted by molar-refractivity contribution is 0.433. The molecule has 0 saturated carbocycles. The molecule has 1 fully saturated rings. The summed E-state index contributed by atoms with van der Waals surface area (Å²) in [6, 6.07) is 6.50. The van der Waals surface area contributed by atoms with E-state index < -0.39 is 0 Å². The molecule has 1 aromatic heterocycles. The van der Waals surface area contributed by atoms with Crippen LogP contribution in [-0.4, -0.2) is 28.3 Å². The topological polar surface area (TPSA) is 53.9 Å². The maximum absolute atomic E-state index is 13.6. The van der Waals surface area contributed by atoms with Crippen LogP contribution in [0.1, 0.15) is 19.8 Å². The molecule has 1 N–H and O–H groups in total. The molecule has 1 aromatic carbocycles. The van der Waals surface area contributed by atoms with Crippen molar-refractivity contribution in [1.29, 1.82) is 0 Å². The van der Waals surface area contributed by atoms with Crippen LogP contribution in [0.25, 0.3) is 0 Å². The monoisotopic (exact) mass is 287 g/mol. The summed E-state index contributed by atoms with van der Waals surface area (Å²) >= 11 is 0. The SMILES string of the molecule is CC1CCN(c2nncc(Nc3ccccc3F)n2)CC1. The second kappa shape index (κ2) is 6.03. The van der Waals surface area contributed by atoms with Crippen molar-refractivity contribution in [1.82, 2.24) is 15.2 Å². The van der Waals surface area contributed by atoms with Crippen LogP contribution in [0.4, 0.5) is 21.8 Å². The van der Waals surface area contributed by atoms with Crippen molar-refractivity contribution < 1.29 is 4.39 Å². The fraction of sp³-hybridized carbons (Fsp3) is 0.400. The van der Waals surface area contributed by atoms with Gasteiger partial charge < -0.3 is 10.2 Å². The number of anilines is 3. The van der Waals surface area contributed by atoms with Gasteiger partial charge in [-0.15, -0.1) is 5.10 Å². The zero-order valence-electron chi connectivity index (χ0n) is 12.0. The summed E-state index contributed by atoms with van der Waals surface area (Å²) in [5.74, 6) is 1.53. The van der Waals surface area contributed by atoms with E-state index in [0.29, 0.717) is 17.5 Å². The third-order valence-electron chi connectivity index (χ3n) is 3.75. The summed E-state index contributed by atoms with van der Waals surface area (Å²) in [4.78, 5) is 6.56. The van der Waals surface area contributed by atoms with Crippen LogP contribution in [0.5, 0.6) is 0 Å². The van der Waals surface area contributed by atoms with E-state index in [0.717, 1.165) is 31.8 Å². The average Bonchev–Trinajstić information content (AvgIpc) is 2.51. The lowest BCUT2D eigenvalue weighted by Gasteiger charge is -2.29. The number of rotatable bonds is 3. The normalized spacial score (nSPS) is 16.0. The van der Waals surface area contributed by atoms with Gasteiger partial charge >= 0.3 is 0 Å². The van der Waals surface area contributed by atoms with E-state index in [1.165, 1.54) is 12.3 Å². The van der Waals surface area contributed by atoms with Crippen molar-refractivity contribution in [3.05, 3.63) is 36.3 Å². The highest BCUT2D eigenvalue weighted by atomic mass is 19.1. The highest BCUT2D eigenvalue weighted by Crippen LogP contribution is 2.22. The molecular weight excluding hydrogens is 269 g/mol. The zero-order valence-corrected chi connectivity index (χ0v) is 12.0. The molecule has 3 rings (SSSR count). The molecule has 110 valence electrons. The average molecular weight is 287 g/mol. The van der Waals surface area contributed by atoms with Gasteiger partial charge in [-0.3, -0.25) is 0 Å². The Kier molecular flexibility index (Phi) is 3.94. The Morgan fingerprint density at radius 2 is 2.00 bits per heavy atom. The van der Waals surface area contributed by atoms with E-state index in [9.17, 15) is 4.39 Å². The first kappa shape index (κ1) is 13.7. The minimum Gasteiger partial charge on any atom is -0.339 e. The fourth-order valence-electron chi connectivity index (χ4n) is 2.40. The fourth-order valence-corrected chi connectivity index (χ4v) is 2.40. The Labute approximate surface area is 123 Å². The van der Waals surface area contributed by atoms with E-state index in [1.807, 2.05) is 0 Å². The van der Waals surface area contributed by atoms with Crippen LogP contribution in [0.3, 0.4) is 0 Å². The molecule has 21 heavy (non-hydrogen) atoms. The molecule has 0 bridgehead atoms. The van der Waals surface area contributed by atoms with Gasteiger partial charge in [0.05, 0.1) is 11.9 Å². The quantitative estimate of drug-likeness (QED) is 0.940. The van der Waals surface area contributed by atoms with Gasteiger partial charge in [0.25, 0.3) is 0 Å². The molecule has 2 aromatic rings. The molecule has 5 nitrogen and oxygen atoms in total. The predicted octanol–water partition coefficient (Wildman–Crippen LogP) is 2.99. The van der Waals surface area contributed by atoms with E-state index >= 15 is 0 Å². The summed E-state index contributed by atoms with van der Waals surface area (Å²) in [5, 5.41) is 11.0. The molecule has 1 aliphatic rings. The van der Waals surface area contributed by atoms with Crippen molar-refractivity contribution in [2.75, 3.05) is 23.3 Å². The number of piperidine rings is 1. The number of halogens is 1. The standard InChI is InChI=1S/C15H18FN5/c1-11-6-8-21(9-7-11)15-19-14(10-17-20-15)18-13-5-3-2-4-12(13)16/h2-5,10-11H,6-9H2,1H3,(H,18,19,20). The summed E-state index contributed by atoms with van der Waals surface area (Å²) in [6.07, 6.45) is 3.77. The second-order valence-corrected chi connectivity index (χ2v) is 5.42. The summed E-state index contributed by atoms with van der Waals surface area (Å²) in [5.41, 5.74) is 0.385. The van der Waals surface area contributed by atoms with Crippen LogP contribution in [0.15, 0.2) is 30.5 Å². The van der Waals surface area contributed by atoms with Crippen molar-refractivity contribution in [3.63, 3.8) is 0 Å². The van der Waals surface area contributed by atoms with Gasteiger partial charge in [0.15, 0.2) is 5.82 Å². The molecular formula is C15H18FN5. The number of para-hydroxylation sites is 1. The van der Waals surface area contributed by atoms with Gasteiger partial charge in [0.2, 0.25) is 5.95 Å². The number of nitrogens with zero attached hydrogens (tertiary/aromatic N) is 4. The maximum atomic E-state index is 13.6. The second-order valence-electron chi connectivity index (χ2n) is 5.42. The highest BCUT2D eigenvalue weighted by molar-refractivity contribution is 5.56. The Bertz CT molecular complexity index is 611. The third kappa shape index (κ3) is 3.26. The Morgan fingerprint density at radius 3 is 2.76 bits per heavy atom. The molecule has 6 heteroatoms. The predicted molar refractivity (Wildman–Crippen MR) is 80.1 cm³/mol. The first-order valence-corrected chi connectivity index (χ1v) is 7.18. The van der Waals surface area contributed by atoms with Crippen molar-refractivity contribution in [3.8, 4) is 0 Å². The molecule has 0 unspecified atom stereocenters. The molecule has 1 aliphatic heterocycles. The minimum absolute atomic E-state index is 0.315. The number of hydrogen-bond donors (Lipinski definition) is 1. The van der Waals surface area contributed by atoms with Crippen LogP contribution in [-0.2, 0) is 0 Å². The van der Waals surface area contributed by atoms with Crippen LogP contribution < -0.4 is 10.2 Å². The first-order chi connectivity index (χ1) is 10.2. The summed E-state index contributed by atoms with van der Waals surface area (Å²) in [7, 11) is 0. The van der Waals surface area contributed by atoms with Gasteiger partial charge in [-0.05, 0) is 30.9 Å². The Morgan fingerprint density at radius 1 is 1.24 bits per heavy atom. The van der Waals surface area contributed by atoms with E-state index in [1.54, 1.807) is 18.2 Å². The van der Waals surface area contributed by atoms with Crippen molar-refractivity contribution >= 4 is 17.5 Å². The molecule has 0 atom stereocenters. The molecule has 0 radical (unpaired) electrons. The Balaban J connectivity index is 1.76. The summed E-state index contributed by atoms with van der Waals surface area (Å²) < 4.78 is 13.6. The summed E-state index contributed by atoms with van der Waals surface area (Å²) in [6.45, 7) is 4.13. The molecule has 0 amide bonds. The van der Waals surface area contributed by atoms with Gasteiger partial charge in [-0.2, -0.15) is 10.1 Å². The van der Waals surface area contributed by atoms with E-state index in [4.69, 9.17) is 0 Å². The van der Waals surface area contributed by atoms with Gasteiger partial charge in [0, 0.05) is 13.1 Å². The molecule has 2 heterocycles. The first-order valence-electron chi connectivity index (χ1n) is 7.18. The van der Waals surface area contributed by atoms with Crippen molar-refractivity contribution in [2.24, 2.45) is 5.92 Å². The van der Waals surface area contributed by atoms with Gasteiger partial charge in [-0.1, -0.05) is 19.1 Å². The third-order valence-corrected chi connectivity index (χ3v) is 3.75. The van der Waals surface area contributed by atoms with Crippen molar-refractivity contribution in [2.45, 2.75) is 19.8 Å². The maximum Gasteiger partial charge on any atom is 0.247 e.